The van der Waals surface area contributed by atoms with Gasteiger partial charge >= 0.3 is 6.09 Å². The van der Waals surface area contributed by atoms with Crippen molar-refractivity contribution >= 4 is 29.2 Å². The third kappa shape index (κ3) is 7.16. The fourth-order valence-electron chi connectivity index (χ4n) is 3.96. The minimum Gasteiger partial charge on any atom is -0.444 e. The number of ketones is 1. The first kappa shape index (κ1) is 27.3. The molecule has 0 radical (unpaired) electrons. The molecule has 9 heteroatoms. The number of Topliss-reactive ketones (excluding diaryl/α,β-unsaturated/α-hetero) is 1. The zero-order valence-corrected chi connectivity index (χ0v) is 22.1. The second-order valence-corrected chi connectivity index (χ2v) is 10.0. The van der Waals surface area contributed by atoms with E-state index in [2.05, 4.69) is 15.6 Å². The van der Waals surface area contributed by atoms with Crippen LogP contribution in [0.2, 0.25) is 0 Å². The van der Waals surface area contributed by atoms with E-state index in [1.54, 1.807) is 86.5 Å². The maximum Gasteiger partial charge on any atom is 0.412 e. The first-order chi connectivity index (χ1) is 18.5. The van der Waals surface area contributed by atoms with E-state index in [4.69, 9.17) is 4.74 Å². The van der Waals surface area contributed by atoms with Crippen molar-refractivity contribution in [1.29, 1.82) is 0 Å². The van der Waals surface area contributed by atoms with Gasteiger partial charge in [0.05, 0.1) is 24.1 Å². The van der Waals surface area contributed by atoms with Crippen LogP contribution < -0.4 is 10.6 Å². The molecule has 8 nitrogen and oxygen atoms in total. The summed E-state index contributed by atoms with van der Waals surface area (Å²) in [5.41, 5.74) is 3.18. The van der Waals surface area contributed by atoms with Crippen molar-refractivity contribution in [1.82, 2.24) is 9.55 Å². The van der Waals surface area contributed by atoms with E-state index in [9.17, 15) is 18.8 Å². The van der Waals surface area contributed by atoms with Crippen molar-refractivity contribution in [2.24, 2.45) is 0 Å². The summed E-state index contributed by atoms with van der Waals surface area (Å²) in [6.07, 6.45) is 3.89. The lowest BCUT2D eigenvalue weighted by molar-refractivity contribution is -0.115. The van der Waals surface area contributed by atoms with Crippen LogP contribution in [0.5, 0.6) is 0 Å². The Morgan fingerprint density at radius 2 is 1.69 bits per heavy atom. The molecule has 1 aromatic heterocycles. The molecule has 0 aliphatic heterocycles. The molecule has 2 N–H and O–H groups in total. The van der Waals surface area contributed by atoms with Crippen molar-refractivity contribution < 1.29 is 23.5 Å². The molecule has 0 bridgehead atoms. The minimum absolute atomic E-state index is 0.274. The van der Waals surface area contributed by atoms with E-state index < -0.39 is 24.0 Å². The largest absolute Gasteiger partial charge is 0.444 e. The number of benzene rings is 3. The van der Waals surface area contributed by atoms with Gasteiger partial charge in [0.2, 0.25) is 5.91 Å². The molecule has 0 aliphatic rings. The lowest BCUT2D eigenvalue weighted by atomic mass is 9.98. The Hall–Kier alpha value is -4.79. The van der Waals surface area contributed by atoms with Gasteiger partial charge < -0.3 is 14.6 Å². The summed E-state index contributed by atoms with van der Waals surface area (Å²) < 4.78 is 20.6. The third-order valence-electron chi connectivity index (χ3n) is 5.72. The van der Waals surface area contributed by atoms with Crippen LogP contribution in [0.1, 0.15) is 43.1 Å². The van der Waals surface area contributed by atoms with E-state index in [1.165, 1.54) is 12.1 Å². The Kier molecular flexibility index (Phi) is 7.90. The number of hydrogen-bond acceptors (Lipinski definition) is 5. The third-order valence-corrected chi connectivity index (χ3v) is 5.72. The number of rotatable bonds is 7. The summed E-state index contributed by atoms with van der Waals surface area (Å²) in [4.78, 5) is 42.5. The van der Waals surface area contributed by atoms with Crippen LogP contribution in [0.3, 0.4) is 0 Å². The average molecular weight is 529 g/mol. The number of carbonyl (C=O) groups is 3. The molecule has 0 saturated carbocycles. The minimum atomic E-state index is -0.728. The number of nitrogens with one attached hydrogen (secondary N) is 2. The van der Waals surface area contributed by atoms with Gasteiger partial charge in [-0.15, -0.1) is 0 Å². The Bertz CT molecular complexity index is 1510. The van der Waals surface area contributed by atoms with Gasteiger partial charge in [-0.1, -0.05) is 24.3 Å². The van der Waals surface area contributed by atoms with Crippen LogP contribution in [0.4, 0.5) is 20.6 Å². The molecule has 0 unspecified atom stereocenters. The number of aryl methyl sites for hydroxylation is 1. The van der Waals surface area contributed by atoms with Gasteiger partial charge in [-0.2, -0.15) is 0 Å². The van der Waals surface area contributed by atoms with Crippen molar-refractivity contribution in [2.75, 3.05) is 10.6 Å². The normalized spacial score (nSPS) is 11.1. The number of carbonyl (C=O) groups excluding carboxylic acids is 3. The predicted octanol–water partition coefficient (Wildman–Crippen LogP) is 6.55. The smallest absolute Gasteiger partial charge is 0.412 e. The Morgan fingerprint density at radius 3 is 2.36 bits per heavy atom. The summed E-state index contributed by atoms with van der Waals surface area (Å²) in [5.74, 6) is -1.31. The fourth-order valence-corrected chi connectivity index (χ4v) is 3.96. The van der Waals surface area contributed by atoms with Crippen molar-refractivity contribution in [3.63, 3.8) is 0 Å². The quantitative estimate of drug-likeness (QED) is 0.209. The average Bonchev–Trinajstić information content (AvgIpc) is 3.40. The summed E-state index contributed by atoms with van der Waals surface area (Å²) >= 11 is 0. The molecule has 0 saturated heterocycles. The molecule has 0 atom stereocenters. The van der Waals surface area contributed by atoms with Crippen LogP contribution in [0, 0.1) is 12.7 Å². The first-order valence-corrected chi connectivity index (χ1v) is 12.3. The lowest BCUT2D eigenvalue weighted by Crippen LogP contribution is -2.27. The van der Waals surface area contributed by atoms with Crippen LogP contribution in [-0.4, -0.2) is 32.9 Å². The van der Waals surface area contributed by atoms with Gasteiger partial charge in [0.1, 0.15) is 11.4 Å². The molecule has 2 amide bonds. The van der Waals surface area contributed by atoms with Crippen LogP contribution >= 0.6 is 0 Å². The summed E-state index contributed by atoms with van der Waals surface area (Å²) in [7, 11) is 0. The topological polar surface area (TPSA) is 102 Å². The van der Waals surface area contributed by atoms with Crippen LogP contribution in [0.25, 0.3) is 16.8 Å². The molecule has 0 aliphatic carbocycles. The van der Waals surface area contributed by atoms with Gasteiger partial charge in [0.15, 0.2) is 5.78 Å². The second-order valence-electron chi connectivity index (χ2n) is 10.0. The number of hydrogen-bond donors (Lipinski definition) is 2. The number of ether oxygens (including phenoxy) is 1. The van der Waals surface area contributed by atoms with Crippen molar-refractivity contribution in [2.45, 2.75) is 39.7 Å². The summed E-state index contributed by atoms with van der Waals surface area (Å²) in [5, 5.41) is 5.43. The highest BCUT2D eigenvalue weighted by atomic mass is 19.1. The molecule has 3 aromatic carbocycles. The molecule has 4 rings (SSSR count). The zero-order chi connectivity index (χ0) is 28.2. The van der Waals surface area contributed by atoms with Gasteiger partial charge in [-0.3, -0.25) is 14.9 Å². The van der Waals surface area contributed by atoms with E-state index in [0.29, 0.717) is 11.3 Å². The lowest BCUT2D eigenvalue weighted by Gasteiger charge is -2.21. The number of amides is 2. The van der Waals surface area contributed by atoms with E-state index in [0.717, 1.165) is 22.4 Å². The molecule has 39 heavy (non-hydrogen) atoms. The highest BCUT2D eigenvalue weighted by Crippen LogP contribution is 2.33. The zero-order valence-electron chi connectivity index (χ0n) is 22.1. The van der Waals surface area contributed by atoms with E-state index >= 15 is 0 Å². The molecule has 1 heterocycles. The Balaban J connectivity index is 1.59. The predicted molar refractivity (Wildman–Crippen MR) is 148 cm³/mol. The maximum absolute atomic E-state index is 13.5. The monoisotopic (exact) mass is 528 g/mol. The van der Waals surface area contributed by atoms with Crippen molar-refractivity contribution in [3.05, 3.63) is 96.3 Å². The number of imidazole rings is 1. The number of halogens is 1. The second kappa shape index (κ2) is 11.3. The van der Waals surface area contributed by atoms with Crippen LogP contribution in [-0.2, 0) is 9.53 Å². The maximum atomic E-state index is 13.5. The van der Waals surface area contributed by atoms with E-state index in [-0.39, 0.29) is 17.3 Å². The number of anilines is 2. The molecule has 200 valence electrons. The van der Waals surface area contributed by atoms with Crippen molar-refractivity contribution in [3.8, 4) is 16.8 Å². The molecular formula is C30H29FN4O4. The highest BCUT2D eigenvalue weighted by molar-refractivity contribution is 6.12. The highest BCUT2D eigenvalue weighted by Gasteiger charge is 2.20. The number of aromatic nitrogens is 2. The van der Waals surface area contributed by atoms with Gasteiger partial charge in [0.25, 0.3) is 0 Å². The van der Waals surface area contributed by atoms with Gasteiger partial charge in [-0.05, 0) is 80.8 Å². The van der Waals surface area contributed by atoms with Gasteiger partial charge in [0, 0.05) is 23.6 Å². The first-order valence-electron chi connectivity index (χ1n) is 12.3. The van der Waals surface area contributed by atoms with Gasteiger partial charge in [-0.25, -0.2) is 14.2 Å². The summed E-state index contributed by atoms with van der Waals surface area (Å²) in [6, 6.07) is 16.2. The van der Waals surface area contributed by atoms with Crippen LogP contribution in [0.15, 0.2) is 79.4 Å². The SMILES string of the molecule is Cc1cc(NC(=O)OC(C)(C)C)c(NC(=O)CC(=O)c2cccc(-n3ccnc3)c2)cc1-c1ccc(F)cc1. The Labute approximate surface area is 225 Å². The summed E-state index contributed by atoms with van der Waals surface area (Å²) in [6.45, 7) is 7.06. The fraction of sp³-hybridized carbons (Fsp3) is 0.200. The molecule has 4 aromatic rings. The molecule has 0 spiro atoms. The standard InChI is InChI=1S/C30H29FN4O4/c1-19-14-25(34-29(38)39-30(2,3)4)26(16-24(19)20-8-10-22(31)11-9-20)33-28(37)17-27(36)21-6-5-7-23(15-21)35-13-12-32-18-35/h5-16,18H,17H2,1-4H3,(H,33,37)(H,34,38). The molecular weight excluding hydrogens is 499 g/mol. The Morgan fingerprint density at radius 1 is 0.974 bits per heavy atom. The number of nitrogens with zero attached hydrogens (tertiary/aromatic N) is 2. The van der Waals surface area contributed by atoms with E-state index in [1.807, 2.05) is 13.0 Å². The molecule has 0 fully saturated rings.